The highest BCUT2D eigenvalue weighted by Crippen LogP contribution is 2.20. The first-order valence-corrected chi connectivity index (χ1v) is 6.98. The number of nitrogens with two attached hydrogens (primary N) is 1. The maximum Gasteiger partial charge on any atom is 0.224 e. The summed E-state index contributed by atoms with van der Waals surface area (Å²) in [6.45, 7) is 4.50. The number of aromatic nitrogens is 4. The van der Waals surface area contributed by atoms with E-state index < -0.39 is 0 Å². The van der Waals surface area contributed by atoms with Gasteiger partial charge in [0, 0.05) is 12.1 Å². The quantitative estimate of drug-likeness (QED) is 0.834. The summed E-state index contributed by atoms with van der Waals surface area (Å²) < 4.78 is 1.55. The average molecular weight is 288 g/mol. The third-order valence-electron chi connectivity index (χ3n) is 3.49. The average Bonchev–Trinajstić information content (AvgIpc) is 3.01. The summed E-state index contributed by atoms with van der Waals surface area (Å²) in [7, 11) is 0. The Labute approximate surface area is 123 Å². The lowest BCUT2D eigenvalue weighted by Crippen LogP contribution is -2.22. The van der Waals surface area contributed by atoms with Crippen molar-refractivity contribution >= 4 is 11.6 Å². The first-order valence-electron chi connectivity index (χ1n) is 6.98. The lowest BCUT2D eigenvalue weighted by Gasteiger charge is -2.14. The third-order valence-corrected chi connectivity index (χ3v) is 3.49. The molecule has 112 valence electrons. The van der Waals surface area contributed by atoms with Crippen LogP contribution in [0, 0.1) is 12.8 Å². The summed E-state index contributed by atoms with van der Waals surface area (Å²) in [6, 6.07) is 5.68. The Bertz CT molecular complexity index is 592. The van der Waals surface area contributed by atoms with Crippen LogP contribution < -0.4 is 11.1 Å². The molecule has 1 heterocycles. The van der Waals surface area contributed by atoms with Crippen molar-refractivity contribution in [3.63, 3.8) is 0 Å². The van der Waals surface area contributed by atoms with Gasteiger partial charge in [0.05, 0.1) is 5.69 Å². The van der Waals surface area contributed by atoms with Crippen molar-refractivity contribution in [1.29, 1.82) is 0 Å². The lowest BCUT2D eigenvalue weighted by atomic mass is 10.0. The van der Waals surface area contributed by atoms with Crippen molar-refractivity contribution in [3.05, 3.63) is 30.1 Å². The molecule has 2 aromatic rings. The second-order valence-corrected chi connectivity index (χ2v) is 5.02. The van der Waals surface area contributed by atoms with Gasteiger partial charge in [-0.25, -0.2) is 4.68 Å². The molecule has 1 aromatic carbocycles. The number of anilines is 1. The van der Waals surface area contributed by atoms with Crippen LogP contribution in [0.5, 0.6) is 0 Å². The smallest absolute Gasteiger partial charge is 0.224 e. The predicted octanol–water partition coefficient (Wildman–Crippen LogP) is 1.28. The number of tetrazole rings is 1. The van der Waals surface area contributed by atoms with Crippen molar-refractivity contribution in [2.45, 2.75) is 26.7 Å². The van der Waals surface area contributed by atoms with E-state index in [-0.39, 0.29) is 11.8 Å². The molecule has 0 aliphatic heterocycles. The zero-order valence-electron chi connectivity index (χ0n) is 12.3. The van der Waals surface area contributed by atoms with Crippen LogP contribution in [0.25, 0.3) is 5.69 Å². The Hall–Kier alpha value is -2.28. The van der Waals surface area contributed by atoms with Gasteiger partial charge in [-0.15, -0.1) is 5.10 Å². The van der Waals surface area contributed by atoms with Crippen LogP contribution in [0.3, 0.4) is 0 Å². The number of hydrogen-bond donors (Lipinski definition) is 2. The van der Waals surface area contributed by atoms with Crippen LogP contribution in [-0.2, 0) is 4.79 Å². The first kappa shape index (κ1) is 15.1. The molecule has 0 radical (unpaired) electrons. The number of benzene rings is 1. The second-order valence-electron chi connectivity index (χ2n) is 5.02. The predicted molar refractivity (Wildman–Crippen MR) is 80.0 cm³/mol. The van der Waals surface area contributed by atoms with Crippen LogP contribution in [0.2, 0.25) is 0 Å². The van der Waals surface area contributed by atoms with E-state index in [2.05, 4.69) is 20.8 Å². The van der Waals surface area contributed by atoms with E-state index in [0.29, 0.717) is 13.0 Å². The summed E-state index contributed by atoms with van der Waals surface area (Å²) in [6.07, 6.45) is 2.84. The van der Waals surface area contributed by atoms with Gasteiger partial charge in [0.25, 0.3) is 0 Å². The van der Waals surface area contributed by atoms with Gasteiger partial charge < -0.3 is 11.1 Å². The number of aryl methyl sites for hydroxylation is 1. The van der Waals surface area contributed by atoms with Gasteiger partial charge in [-0.3, -0.25) is 4.79 Å². The van der Waals surface area contributed by atoms with Gasteiger partial charge in [0.15, 0.2) is 0 Å². The summed E-state index contributed by atoms with van der Waals surface area (Å²) >= 11 is 0. The van der Waals surface area contributed by atoms with Crippen molar-refractivity contribution in [3.8, 4) is 5.69 Å². The number of carbonyl (C=O) groups excluding carboxylic acids is 1. The minimum absolute atomic E-state index is 0.0238. The van der Waals surface area contributed by atoms with E-state index in [1.807, 2.05) is 32.0 Å². The SMILES string of the molecule is CCC(CN)CC(=O)Nc1cc(-n2cnnn2)ccc1C. The maximum atomic E-state index is 12.1. The minimum atomic E-state index is -0.0238. The molecule has 0 aliphatic carbocycles. The van der Waals surface area contributed by atoms with Gasteiger partial charge in [-0.05, 0) is 47.5 Å². The van der Waals surface area contributed by atoms with Crippen molar-refractivity contribution in [2.75, 3.05) is 11.9 Å². The highest BCUT2D eigenvalue weighted by atomic mass is 16.1. The summed E-state index contributed by atoms with van der Waals surface area (Å²) in [5, 5.41) is 14.0. The zero-order chi connectivity index (χ0) is 15.2. The largest absolute Gasteiger partial charge is 0.330 e. The van der Waals surface area contributed by atoms with E-state index in [4.69, 9.17) is 5.73 Å². The Morgan fingerprint density at radius 3 is 2.90 bits per heavy atom. The number of amides is 1. The van der Waals surface area contributed by atoms with E-state index >= 15 is 0 Å². The maximum absolute atomic E-state index is 12.1. The molecule has 1 unspecified atom stereocenters. The molecule has 0 spiro atoms. The molecule has 0 bridgehead atoms. The van der Waals surface area contributed by atoms with Gasteiger partial charge >= 0.3 is 0 Å². The third kappa shape index (κ3) is 3.85. The second kappa shape index (κ2) is 6.94. The number of carbonyl (C=O) groups is 1. The van der Waals surface area contributed by atoms with Crippen LogP contribution in [0.15, 0.2) is 24.5 Å². The molecular weight excluding hydrogens is 268 g/mol. The summed E-state index contributed by atoms with van der Waals surface area (Å²) in [5.41, 5.74) is 8.19. The summed E-state index contributed by atoms with van der Waals surface area (Å²) in [4.78, 5) is 12.1. The molecule has 0 saturated heterocycles. The Balaban J connectivity index is 2.12. The molecule has 1 aromatic heterocycles. The molecule has 21 heavy (non-hydrogen) atoms. The molecule has 1 atom stereocenters. The van der Waals surface area contributed by atoms with Gasteiger partial charge in [0.1, 0.15) is 6.33 Å². The van der Waals surface area contributed by atoms with Crippen LogP contribution in [-0.4, -0.2) is 32.7 Å². The molecule has 7 heteroatoms. The number of nitrogens with one attached hydrogen (secondary N) is 1. The van der Waals surface area contributed by atoms with Gasteiger partial charge in [-0.1, -0.05) is 19.4 Å². The van der Waals surface area contributed by atoms with Crippen molar-refractivity contribution < 1.29 is 4.79 Å². The molecule has 0 aliphatic rings. The van der Waals surface area contributed by atoms with E-state index in [9.17, 15) is 4.79 Å². The Morgan fingerprint density at radius 2 is 2.29 bits per heavy atom. The van der Waals surface area contributed by atoms with Gasteiger partial charge in [-0.2, -0.15) is 0 Å². The molecule has 3 N–H and O–H groups in total. The van der Waals surface area contributed by atoms with E-state index in [0.717, 1.165) is 23.4 Å². The molecule has 0 saturated carbocycles. The highest BCUT2D eigenvalue weighted by Gasteiger charge is 2.12. The standard InChI is InChI=1S/C14H20N6O/c1-3-11(8-15)6-14(21)17-13-7-12(5-4-10(13)2)20-9-16-18-19-20/h4-5,7,9,11H,3,6,8,15H2,1-2H3,(H,17,21). The topological polar surface area (TPSA) is 98.7 Å². The lowest BCUT2D eigenvalue weighted by molar-refractivity contribution is -0.117. The van der Waals surface area contributed by atoms with Crippen LogP contribution in [0.1, 0.15) is 25.3 Å². The molecule has 0 fully saturated rings. The molecule has 7 nitrogen and oxygen atoms in total. The minimum Gasteiger partial charge on any atom is -0.330 e. The fourth-order valence-corrected chi connectivity index (χ4v) is 2.02. The first-order chi connectivity index (χ1) is 10.1. The molecular formula is C14H20N6O. The van der Waals surface area contributed by atoms with Crippen LogP contribution in [0.4, 0.5) is 5.69 Å². The Kier molecular flexibility index (Phi) is 4.99. The fourth-order valence-electron chi connectivity index (χ4n) is 2.02. The highest BCUT2D eigenvalue weighted by molar-refractivity contribution is 5.92. The number of nitrogens with zero attached hydrogens (tertiary/aromatic N) is 4. The monoisotopic (exact) mass is 288 g/mol. The van der Waals surface area contributed by atoms with Crippen LogP contribution >= 0.6 is 0 Å². The number of hydrogen-bond acceptors (Lipinski definition) is 5. The van der Waals surface area contributed by atoms with E-state index in [1.165, 1.54) is 6.33 Å². The van der Waals surface area contributed by atoms with E-state index in [1.54, 1.807) is 4.68 Å². The van der Waals surface area contributed by atoms with Crippen molar-refractivity contribution in [1.82, 2.24) is 20.2 Å². The van der Waals surface area contributed by atoms with Crippen molar-refractivity contribution in [2.24, 2.45) is 11.7 Å². The normalized spacial score (nSPS) is 12.1. The fraction of sp³-hybridized carbons (Fsp3) is 0.429. The zero-order valence-corrected chi connectivity index (χ0v) is 12.3. The molecule has 1 amide bonds. The molecule has 2 rings (SSSR count). The Morgan fingerprint density at radius 1 is 1.48 bits per heavy atom. The summed E-state index contributed by atoms with van der Waals surface area (Å²) in [5.74, 6) is 0.192. The number of rotatable bonds is 6. The van der Waals surface area contributed by atoms with Gasteiger partial charge in [0.2, 0.25) is 5.91 Å².